The Balaban J connectivity index is 1.72. The maximum Gasteiger partial charge on any atom is 0.204 e. The number of aryl methyl sites for hydroxylation is 1. The Kier molecular flexibility index (Phi) is 3.00. The van der Waals surface area contributed by atoms with Crippen LogP contribution in [0.25, 0.3) is 21.7 Å². The first-order valence-corrected chi connectivity index (χ1v) is 7.23. The van der Waals surface area contributed by atoms with E-state index >= 15 is 0 Å². The van der Waals surface area contributed by atoms with Gasteiger partial charge in [0.05, 0.1) is 5.52 Å². The molecule has 0 radical (unpaired) electrons. The predicted molar refractivity (Wildman–Crippen MR) is 85.3 cm³/mol. The second kappa shape index (κ2) is 5.15. The third-order valence-corrected chi connectivity index (χ3v) is 3.79. The standard InChI is InChI=1S/C18H15N4/c1-13-2-4-15-9-21-22(11-17(15)6-13)10-14-3-5-16-8-19-12-20-18(16)7-14/h2-9,11-12H,10H2,1H3/q+1. The monoisotopic (exact) mass is 287 g/mol. The van der Waals surface area contributed by atoms with Crippen LogP contribution in [0.4, 0.5) is 0 Å². The normalized spacial score (nSPS) is 11.1. The minimum atomic E-state index is 0.726. The Bertz CT molecular complexity index is 979. The summed E-state index contributed by atoms with van der Waals surface area (Å²) in [7, 11) is 0. The fourth-order valence-corrected chi connectivity index (χ4v) is 2.65. The van der Waals surface area contributed by atoms with Gasteiger partial charge < -0.3 is 0 Å². The molecule has 4 rings (SSSR count). The molecule has 0 saturated carbocycles. The van der Waals surface area contributed by atoms with Gasteiger partial charge in [0.2, 0.25) is 6.20 Å². The van der Waals surface area contributed by atoms with E-state index in [1.54, 1.807) is 6.33 Å². The molecule has 0 bridgehead atoms. The van der Waals surface area contributed by atoms with Crippen molar-refractivity contribution < 1.29 is 4.68 Å². The molecule has 4 heteroatoms. The minimum Gasteiger partial charge on any atom is -0.244 e. The largest absolute Gasteiger partial charge is 0.244 e. The first-order valence-electron chi connectivity index (χ1n) is 7.23. The van der Waals surface area contributed by atoms with Gasteiger partial charge in [-0.25, -0.2) is 9.97 Å². The average Bonchev–Trinajstić information content (AvgIpc) is 2.54. The van der Waals surface area contributed by atoms with Crippen LogP contribution in [-0.4, -0.2) is 15.1 Å². The number of aromatic nitrogens is 4. The fourth-order valence-electron chi connectivity index (χ4n) is 2.65. The van der Waals surface area contributed by atoms with Gasteiger partial charge in [-0.05, 0) is 24.2 Å². The Labute approximate surface area is 128 Å². The number of nitrogens with zero attached hydrogens (tertiary/aromatic N) is 4. The van der Waals surface area contributed by atoms with Crippen LogP contribution in [0.15, 0.2) is 61.3 Å². The summed E-state index contributed by atoms with van der Waals surface area (Å²) in [6.45, 7) is 2.83. The zero-order valence-electron chi connectivity index (χ0n) is 12.3. The van der Waals surface area contributed by atoms with E-state index in [-0.39, 0.29) is 0 Å². The molecule has 0 aliphatic carbocycles. The Morgan fingerprint density at radius 1 is 0.955 bits per heavy atom. The maximum absolute atomic E-state index is 4.50. The molecule has 2 aromatic heterocycles. The van der Waals surface area contributed by atoms with Crippen molar-refractivity contribution in [3.63, 3.8) is 0 Å². The first kappa shape index (κ1) is 12.8. The van der Waals surface area contributed by atoms with Gasteiger partial charge in [0.1, 0.15) is 12.5 Å². The molecule has 0 N–H and O–H groups in total. The topological polar surface area (TPSA) is 42.5 Å². The lowest BCUT2D eigenvalue weighted by Gasteiger charge is -2.01. The molecule has 0 fully saturated rings. The minimum absolute atomic E-state index is 0.726. The number of rotatable bonds is 2. The number of fused-ring (bicyclic) bond motifs is 2. The molecule has 4 aromatic rings. The molecule has 0 aliphatic rings. The van der Waals surface area contributed by atoms with Gasteiger partial charge in [-0.3, -0.25) is 0 Å². The molecule has 0 atom stereocenters. The third-order valence-electron chi connectivity index (χ3n) is 3.79. The summed E-state index contributed by atoms with van der Waals surface area (Å²) in [5, 5.41) is 7.92. The van der Waals surface area contributed by atoms with Crippen LogP contribution in [0.2, 0.25) is 0 Å². The Hall–Kier alpha value is -2.88. The van der Waals surface area contributed by atoms with Crippen LogP contribution in [0.5, 0.6) is 0 Å². The zero-order valence-corrected chi connectivity index (χ0v) is 12.3. The highest BCUT2D eigenvalue weighted by molar-refractivity contribution is 5.80. The lowest BCUT2D eigenvalue weighted by atomic mass is 10.1. The van der Waals surface area contributed by atoms with Crippen molar-refractivity contribution in [3.8, 4) is 0 Å². The first-order chi connectivity index (χ1) is 10.8. The molecule has 0 amide bonds. The smallest absolute Gasteiger partial charge is 0.204 e. The second-order valence-corrected chi connectivity index (χ2v) is 5.52. The summed E-state index contributed by atoms with van der Waals surface area (Å²) < 4.78 is 1.96. The third kappa shape index (κ3) is 2.39. The van der Waals surface area contributed by atoms with Crippen LogP contribution >= 0.6 is 0 Å². The van der Waals surface area contributed by atoms with E-state index in [2.05, 4.69) is 64.6 Å². The van der Waals surface area contributed by atoms with Gasteiger partial charge in [0.25, 0.3) is 0 Å². The molecular weight excluding hydrogens is 272 g/mol. The molecular formula is C18H15N4+. The van der Waals surface area contributed by atoms with Crippen LogP contribution in [0.1, 0.15) is 11.1 Å². The van der Waals surface area contributed by atoms with E-state index in [9.17, 15) is 0 Å². The fraction of sp³-hybridized carbons (Fsp3) is 0.111. The van der Waals surface area contributed by atoms with E-state index < -0.39 is 0 Å². The highest BCUT2D eigenvalue weighted by Crippen LogP contribution is 2.14. The molecule has 0 saturated heterocycles. The quantitative estimate of drug-likeness (QED) is 0.532. The highest BCUT2D eigenvalue weighted by Gasteiger charge is 2.08. The molecule has 0 unspecified atom stereocenters. The van der Waals surface area contributed by atoms with Crippen molar-refractivity contribution in [2.45, 2.75) is 13.5 Å². The van der Waals surface area contributed by atoms with Gasteiger partial charge in [0, 0.05) is 27.9 Å². The molecule has 0 spiro atoms. The van der Waals surface area contributed by atoms with Crippen LogP contribution in [0.3, 0.4) is 0 Å². The Morgan fingerprint density at radius 3 is 2.82 bits per heavy atom. The van der Waals surface area contributed by atoms with Crippen molar-refractivity contribution >= 4 is 21.7 Å². The van der Waals surface area contributed by atoms with Crippen molar-refractivity contribution in [1.29, 1.82) is 0 Å². The van der Waals surface area contributed by atoms with E-state index in [1.165, 1.54) is 16.5 Å². The van der Waals surface area contributed by atoms with Gasteiger partial charge in [-0.1, -0.05) is 34.5 Å². The second-order valence-electron chi connectivity index (χ2n) is 5.52. The molecule has 106 valence electrons. The van der Waals surface area contributed by atoms with Crippen molar-refractivity contribution in [1.82, 2.24) is 15.1 Å². The van der Waals surface area contributed by atoms with Crippen LogP contribution in [-0.2, 0) is 6.54 Å². The van der Waals surface area contributed by atoms with Crippen molar-refractivity contribution in [3.05, 3.63) is 72.4 Å². The van der Waals surface area contributed by atoms with E-state index in [0.29, 0.717) is 0 Å². The number of hydrogen-bond acceptors (Lipinski definition) is 3. The lowest BCUT2D eigenvalue weighted by molar-refractivity contribution is -0.744. The SMILES string of the molecule is Cc1ccc2cn[n+](Cc3ccc4cncnc4c3)cc2c1. The summed E-state index contributed by atoms with van der Waals surface area (Å²) in [5.74, 6) is 0. The molecule has 4 nitrogen and oxygen atoms in total. The van der Waals surface area contributed by atoms with Gasteiger partial charge in [-0.2, -0.15) is 0 Å². The molecule has 2 heterocycles. The van der Waals surface area contributed by atoms with E-state index in [1.807, 2.05) is 17.1 Å². The summed E-state index contributed by atoms with van der Waals surface area (Å²) in [4.78, 5) is 8.34. The van der Waals surface area contributed by atoms with Gasteiger partial charge in [0.15, 0.2) is 6.54 Å². The Morgan fingerprint density at radius 2 is 1.86 bits per heavy atom. The number of benzene rings is 2. The maximum atomic E-state index is 4.50. The molecule has 2 aromatic carbocycles. The molecule has 0 aliphatic heterocycles. The zero-order chi connectivity index (χ0) is 14.9. The summed E-state index contributed by atoms with van der Waals surface area (Å²) in [6, 6.07) is 12.6. The van der Waals surface area contributed by atoms with Crippen LogP contribution < -0.4 is 4.68 Å². The lowest BCUT2D eigenvalue weighted by Crippen LogP contribution is -2.37. The average molecular weight is 287 g/mol. The van der Waals surface area contributed by atoms with E-state index in [0.717, 1.165) is 22.8 Å². The van der Waals surface area contributed by atoms with Crippen molar-refractivity contribution in [2.24, 2.45) is 0 Å². The van der Waals surface area contributed by atoms with Crippen molar-refractivity contribution in [2.75, 3.05) is 0 Å². The summed E-state index contributed by atoms with van der Waals surface area (Å²) in [5.41, 5.74) is 3.40. The van der Waals surface area contributed by atoms with Gasteiger partial charge >= 0.3 is 0 Å². The predicted octanol–water partition coefficient (Wildman–Crippen LogP) is 2.82. The van der Waals surface area contributed by atoms with Gasteiger partial charge in [-0.15, -0.1) is 0 Å². The summed E-state index contributed by atoms with van der Waals surface area (Å²) in [6.07, 6.45) is 7.41. The highest BCUT2D eigenvalue weighted by atomic mass is 15.2. The number of hydrogen-bond donors (Lipinski definition) is 0. The van der Waals surface area contributed by atoms with Crippen LogP contribution in [0, 0.1) is 6.92 Å². The summed E-state index contributed by atoms with van der Waals surface area (Å²) >= 11 is 0. The molecule has 22 heavy (non-hydrogen) atoms. The van der Waals surface area contributed by atoms with E-state index in [4.69, 9.17) is 0 Å².